The first-order valence-electron chi connectivity index (χ1n) is 12.8. The summed E-state index contributed by atoms with van der Waals surface area (Å²) >= 11 is 0. The normalized spacial score (nSPS) is 21.4. The first kappa shape index (κ1) is 25.4. The molecule has 192 valence electrons. The van der Waals surface area contributed by atoms with Crippen LogP contribution in [0.4, 0.5) is 0 Å². The molecule has 37 heavy (non-hydrogen) atoms. The SMILES string of the molecule is Cc1cc(C)n([C@@H]2O[C@H](COCc3ccccc3)[C@@H](OCc3ccccc3)[C@@H]2OCc2ccccc2)n1. The Kier molecular flexibility index (Phi) is 8.43. The van der Waals surface area contributed by atoms with Crippen molar-refractivity contribution in [2.75, 3.05) is 6.61 Å². The average molecular weight is 499 g/mol. The highest BCUT2D eigenvalue weighted by atomic mass is 16.6. The lowest BCUT2D eigenvalue weighted by Crippen LogP contribution is -2.38. The monoisotopic (exact) mass is 498 g/mol. The number of hydrogen-bond acceptors (Lipinski definition) is 5. The highest BCUT2D eigenvalue weighted by Gasteiger charge is 2.48. The van der Waals surface area contributed by atoms with Gasteiger partial charge in [-0.05, 0) is 36.6 Å². The van der Waals surface area contributed by atoms with Crippen LogP contribution in [0.1, 0.15) is 34.3 Å². The van der Waals surface area contributed by atoms with Crippen molar-refractivity contribution >= 4 is 0 Å². The molecule has 0 radical (unpaired) electrons. The fourth-order valence-electron chi connectivity index (χ4n) is 4.72. The zero-order chi connectivity index (χ0) is 25.5. The largest absolute Gasteiger partial charge is 0.374 e. The van der Waals surface area contributed by atoms with E-state index < -0.39 is 6.23 Å². The van der Waals surface area contributed by atoms with Crippen molar-refractivity contribution in [1.29, 1.82) is 0 Å². The second-order valence-corrected chi connectivity index (χ2v) is 9.46. The van der Waals surface area contributed by atoms with Gasteiger partial charge in [-0.1, -0.05) is 91.0 Å². The minimum absolute atomic E-state index is 0.317. The van der Waals surface area contributed by atoms with Gasteiger partial charge in [0.1, 0.15) is 18.3 Å². The van der Waals surface area contributed by atoms with E-state index in [2.05, 4.69) is 42.5 Å². The molecular weight excluding hydrogens is 464 g/mol. The van der Waals surface area contributed by atoms with Crippen LogP contribution in [0.5, 0.6) is 0 Å². The third-order valence-corrected chi connectivity index (χ3v) is 6.54. The van der Waals surface area contributed by atoms with Gasteiger partial charge in [-0.3, -0.25) is 0 Å². The minimum atomic E-state index is -0.427. The van der Waals surface area contributed by atoms with Gasteiger partial charge in [-0.2, -0.15) is 5.10 Å². The Balaban J connectivity index is 1.38. The van der Waals surface area contributed by atoms with E-state index in [1.807, 2.05) is 73.1 Å². The van der Waals surface area contributed by atoms with Gasteiger partial charge in [0, 0.05) is 5.69 Å². The molecular formula is C31H34N2O4. The van der Waals surface area contributed by atoms with Gasteiger partial charge in [0.25, 0.3) is 0 Å². The van der Waals surface area contributed by atoms with Gasteiger partial charge in [0.15, 0.2) is 6.23 Å². The van der Waals surface area contributed by atoms with Gasteiger partial charge >= 0.3 is 0 Å². The van der Waals surface area contributed by atoms with Crippen molar-refractivity contribution in [3.63, 3.8) is 0 Å². The summed E-state index contributed by atoms with van der Waals surface area (Å²) in [6.07, 6.45) is -1.45. The standard InChI is InChI=1S/C31H34N2O4/c1-23-18-24(2)33(32-23)31-30(36-21-27-16-10-5-11-17-27)29(35-20-26-14-8-4-9-15-26)28(37-31)22-34-19-25-12-6-3-7-13-25/h3-18,28-31H,19-22H2,1-2H3/t28-,29-,30+,31-/m1/s1. The molecule has 0 spiro atoms. The Morgan fingerprint density at radius 1 is 0.703 bits per heavy atom. The van der Waals surface area contributed by atoms with E-state index in [9.17, 15) is 0 Å². The van der Waals surface area contributed by atoms with Crippen LogP contribution in [0.15, 0.2) is 97.1 Å². The molecule has 0 bridgehead atoms. The zero-order valence-electron chi connectivity index (χ0n) is 21.4. The predicted molar refractivity (Wildman–Crippen MR) is 142 cm³/mol. The van der Waals surface area contributed by atoms with E-state index in [-0.39, 0.29) is 18.3 Å². The molecule has 6 nitrogen and oxygen atoms in total. The van der Waals surface area contributed by atoms with Crippen LogP contribution in [0.2, 0.25) is 0 Å². The first-order valence-corrected chi connectivity index (χ1v) is 12.8. The van der Waals surface area contributed by atoms with E-state index in [0.29, 0.717) is 26.4 Å². The molecule has 0 aliphatic carbocycles. The molecule has 0 N–H and O–H groups in total. The molecule has 2 heterocycles. The van der Waals surface area contributed by atoms with Crippen LogP contribution in [0.25, 0.3) is 0 Å². The maximum Gasteiger partial charge on any atom is 0.179 e. The van der Waals surface area contributed by atoms with Gasteiger partial charge in [-0.15, -0.1) is 0 Å². The molecule has 3 aromatic carbocycles. The van der Waals surface area contributed by atoms with Crippen LogP contribution < -0.4 is 0 Å². The summed E-state index contributed by atoms with van der Waals surface area (Å²) in [5.74, 6) is 0. The molecule has 0 unspecified atom stereocenters. The van der Waals surface area contributed by atoms with E-state index in [1.54, 1.807) is 0 Å². The average Bonchev–Trinajstić information content (AvgIpc) is 3.45. The van der Waals surface area contributed by atoms with E-state index >= 15 is 0 Å². The van der Waals surface area contributed by atoms with E-state index in [4.69, 9.17) is 24.0 Å². The first-order chi connectivity index (χ1) is 18.2. The van der Waals surface area contributed by atoms with Crippen LogP contribution in [-0.4, -0.2) is 34.7 Å². The van der Waals surface area contributed by atoms with E-state index in [0.717, 1.165) is 28.1 Å². The molecule has 5 rings (SSSR count). The molecule has 4 atom stereocenters. The number of aryl methyl sites for hydroxylation is 2. The Labute approximate surface area is 218 Å². The molecule has 1 aliphatic heterocycles. The molecule has 0 saturated carbocycles. The van der Waals surface area contributed by atoms with Crippen molar-refractivity contribution in [3.05, 3.63) is 125 Å². The van der Waals surface area contributed by atoms with Gasteiger partial charge < -0.3 is 18.9 Å². The summed E-state index contributed by atoms with van der Waals surface area (Å²) in [6.45, 7) is 5.83. The molecule has 1 saturated heterocycles. The Hall–Kier alpha value is -3.29. The highest BCUT2D eigenvalue weighted by Crippen LogP contribution is 2.36. The van der Waals surface area contributed by atoms with Gasteiger partial charge in [0.05, 0.1) is 32.1 Å². The van der Waals surface area contributed by atoms with Crippen LogP contribution in [0, 0.1) is 13.8 Å². The lowest BCUT2D eigenvalue weighted by molar-refractivity contribution is -0.0937. The molecule has 6 heteroatoms. The molecule has 1 aliphatic rings. The van der Waals surface area contributed by atoms with Gasteiger partial charge in [-0.25, -0.2) is 4.68 Å². The number of rotatable bonds is 11. The van der Waals surface area contributed by atoms with Crippen molar-refractivity contribution in [2.45, 2.75) is 58.2 Å². The highest BCUT2D eigenvalue weighted by molar-refractivity contribution is 5.16. The number of nitrogens with zero attached hydrogens (tertiary/aromatic N) is 2. The number of ether oxygens (including phenoxy) is 4. The van der Waals surface area contributed by atoms with Crippen LogP contribution >= 0.6 is 0 Å². The van der Waals surface area contributed by atoms with Crippen molar-refractivity contribution in [3.8, 4) is 0 Å². The summed E-state index contributed by atoms with van der Waals surface area (Å²) in [5.41, 5.74) is 5.27. The Morgan fingerprint density at radius 3 is 1.73 bits per heavy atom. The van der Waals surface area contributed by atoms with Crippen molar-refractivity contribution < 1.29 is 18.9 Å². The Morgan fingerprint density at radius 2 is 1.22 bits per heavy atom. The fraction of sp³-hybridized carbons (Fsp3) is 0.323. The number of aromatic nitrogens is 2. The second kappa shape index (κ2) is 12.3. The third kappa shape index (κ3) is 6.53. The quantitative estimate of drug-likeness (QED) is 0.262. The molecule has 1 fully saturated rings. The molecule has 4 aromatic rings. The van der Waals surface area contributed by atoms with Crippen molar-refractivity contribution in [1.82, 2.24) is 9.78 Å². The van der Waals surface area contributed by atoms with Crippen LogP contribution in [-0.2, 0) is 38.8 Å². The van der Waals surface area contributed by atoms with Gasteiger partial charge in [0.2, 0.25) is 0 Å². The van der Waals surface area contributed by atoms with Crippen LogP contribution in [0.3, 0.4) is 0 Å². The maximum atomic E-state index is 6.61. The molecule has 0 amide bonds. The van der Waals surface area contributed by atoms with Crippen molar-refractivity contribution in [2.24, 2.45) is 0 Å². The number of benzene rings is 3. The summed E-state index contributed by atoms with van der Waals surface area (Å²) in [4.78, 5) is 0. The predicted octanol–water partition coefficient (Wildman–Crippen LogP) is 5.78. The van der Waals surface area contributed by atoms with E-state index in [1.165, 1.54) is 0 Å². The second-order valence-electron chi connectivity index (χ2n) is 9.46. The Bertz CT molecular complexity index is 1230. The summed E-state index contributed by atoms with van der Waals surface area (Å²) in [6, 6.07) is 32.6. The lowest BCUT2D eigenvalue weighted by atomic mass is 10.1. The fourth-order valence-corrected chi connectivity index (χ4v) is 4.72. The minimum Gasteiger partial charge on any atom is -0.374 e. The smallest absolute Gasteiger partial charge is 0.179 e. The topological polar surface area (TPSA) is 54.7 Å². The molecule has 1 aromatic heterocycles. The maximum absolute atomic E-state index is 6.61. The zero-order valence-corrected chi connectivity index (χ0v) is 21.4. The number of hydrogen-bond donors (Lipinski definition) is 0. The lowest BCUT2D eigenvalue weighted by Gasteiger charge is -2.25. The summed E-state index contributed by atoms with van der Waals surface area (Å²) < 4.78 is 27.7. The third-order valence-electron chi connectivity index (χ3n) is 6.54. The summed E-state index contributed by atoms with van der Waals surface area (Å²) in [7, 11) is 0. The summed E-state index contributed by atoms with van der Waals surface area (Å²) in [5, 5.41) is 4.73.